The van der Waals surface area contributed by atoms with Gasteiger partial charge in [-0.15, -0.1) is 0 Å². The Morgan fingerprint density at radius 3 is 2.78 bits per heavy atom. The standard InChI is InChI=1S/C13H22N2O3/c16-11-6-3-1-2-5-10(11)14-12(17)9-15-8-4-7-13(15)18/h10-11,16H,1-9H2,(H,14,17). The topological polar surface area (TPSA) is 69.6 Å². The molecular weight excluding hydrogens is 232 g/mol. The molecule has 18 heavy (non-hydrogen) atoms. The zero-order valence-corrected chi connectivity index (χ0v) is 10.7. The van der Waals surface area contributed by atoms with Crippen LogP contribution in [0.4, 0.5) is 0 Å². The Labute approximate surface area is 108 Å². The normalized spacial score (nSPS) is 29.2. The fourth-order valence-electron chi connectivity index (χ4n) is 2.75. The third kappa shape index (κ3) is 3.45. The van der Waals surface area contributed by atoms with Crippen molar-refractivity contribution in [3.05, 3.63) is 0 Å². The van der Waals surface area contributed by atoms with Crippen LogP contribution in [0.2, 0.25) is 0 Å². The van der Waals surface area contributed by atoms with E-state index in [4.69, 9.17) is 0 Å². The number of likely N-dealkylation sites (tertiary alicyclic amines) is 1. The summed E-state index contributed by atoms with van der Waals surface area (Å²) in [6, 6.07) is -0.141. The predicted octanol–water partition coefficient (Wildman–Crippen LogP) is 0.419. The van der Waals surface area contributed by atoms with Crippen LogP contribution in [-0.4, -0.2) is 47.1 Å². The van der Waals surface area contributed by atoms with Crippen molar-refractivity contribution < 1.29 is 14.7 Å². The molecule has 1 saturated carbocycles. The number of carbonyl (C=O) groups excluding carboxylic acids is 2. The molecule has 0 aromatic heterocycles. The molecule has 2 N–H and O–H groups in total. The first-order chi connectivity index (χ1) is 8.66. The quantitative estimate of drug-likeness (QED) is 0.717. The Kier molecular flexibility index (Phi) is 4.58. The summed E-state index contributed by atoms with van der Waals surface area (Å²) in [7, 11) is 0. The first-order valence-corrected chi connectivity index (χ1v) is 6.92. The molecule has 2 aliphatic rings. The van der Waals surface area contributed by atoms with Gasteiger partial charge in [0.25, 0.3) is 0 Å². The number of carbonyl (C=O) groups is 2. The smallest absolute Gasteiger partial charge is 0.239 e. The Hall–Kier alpha value is -1.10. The van der Waals surface area contributed by atoms with Gasteiger partial charge < -0.3 is 15.3 Å². The first-order valence-electron chi connectivity index (χ1n) is 6.92. The van der Waals surface area contributed by atoms with Crippen molar-refractivity contribution in [1.82, 2.24) is 10.2 Å². The van der Waals surface area contributed by atoms with Crippen LogP contribution in [0.5, 0.6) is 0 Å². The van der Waals surface area contributed by atoms with E-state index in [9.17, 15) is 14.7 Å². The lowest BCUT2D eigenvalue weighted by atomic mass is 10.1. The van der Waals surface area contributed by atoms with Gasteiger partial charge in [0.1, 0.15) is 0 Å². The van der Waals surface area contributed by atoms with Gasteiger partial charge in [0.15, 0.2) is 0 Å². The molecule has 2 atom stereocenters. The van der Waals surface area contributed by atoms with Crippen molar-refractivity contribution in [3.63, 3.8) is 0 Å². The molecule has 1 aliphatic heterocycles. The van der Waals surface area contributed by atoms with E-state index in [1.807, 2.05) is 0 Å². The number of nitrogens with one attached hydrogen (secondary N) is 1. The highest BCUT2D eigenvalue weighted by atomic mass is 16.3. The van der Waals surface area contributed by atoms with Crippen molar-refractivity contribution >= 4 is 11.8 Å². The number of rotatable bonds is 3. The van der Waals surface area contributed by atoms with Crippen LogP contribution in [0.15, 0.2) is 0 Å². The highest BCUT2D eigenvalue weighted by Gasteiger charge is 2.26. The summed E-state index contributed by atoms with van der Waals surface area (Å²) < 4.78 is 0. The van der Waals surface area contributed by atoms with Gasteiger partial charge >= 0.3 is 0 Å². The zero-order valence-electron chi connectivity index (χ0n) is 10.7. The Morgan fingerprint density at radius 1 is 1.28 bits per heavy atom. The summed E-state index contributed by atoms with van der Waals surface area (Å²) in [5.74, 6) is -0.0808. The maximum atomic E-state index is 11.9. The average molecular weight is 254 g/mol. The monoisotopic (exact) mass is 254 g/mol. The number of hydrogen-bond acceptors (Lipinski definition) is 3. The van der Waals surface area contributed by atoms with E-state index in [0.717, 1.165) is 38.5 Å². The highest BCUT2D eigenvalue weighted by Crippen LogP contribution is 2.18. The van der Waals surface area contributed by atoms with Gasteiger partial charge in [0, 0.05) is 13.0 Å². The van der Waals surface area contributed by atoms with Gasteiger partial charge in [-0.05, 0) is 19.3 Å². The summed E-state index contributed by atoms with van der Waals surface area (Å²) in [6.45, 7) is 0.821. The molecular formula is C13H22N2O3. The van der Waals surface area contributed by atoms with Crippen LogP contribution < -0.4 is 5.32 Å². The third-order valence-electron chi connectivity index (χ3n) is 3.83. The van der Waals surface area contributed by atoms with Crippen molar-refractivity contribution in [3.8, 4) is 0 Å². The lowest BCUT2D eigenvalue weighted by molar-refractivity contribution is -0.133. The Bertz CT molecular complexity index is 319. The number of hydrogen-bond donors (Lipinski definition) is 2. The van der Waals surface area contributed by atoms with E-state index < -0.39 is 6.10 Å². The number of nitrogens with zero attached hydrogens (tertiary/aromatic N) is 1. The SMILES string of the molecule is O=C(CN1CCCC1=O)NC1CCCCCC1O. The molecule has 0 aromatic rings. The Morgan fingerprint density at radius 2 is 2.06 bits per heavy atom. The fourth-order valence-corrected chi connectivity index (χ4v) is 2.75. The maximum Gasteiger partial charge on any atom is 0.239 e. The van der Waals surface area contributed by atoms with Crippen LogP contribution >= 0.6 is 0 Å². The van der Waals surface area contributed by atoms with Gasteiger partial charge in [-0.3, -0.25) is 9.59 Å². The van der Waals surface area contributed by atoms with Gasteiger partial charge in [0.05, 0.1) is 18.7 Å². The predicted molar refractivity (Wildman–Crippen MR) is 66.8 cm³/mol. The van der Waals surface area contributed by atoms with Crippen LogP contribution in [0, 0.1) is 0 Å². The molecule has 0 bridgehead atoms. The molecule has 1 aliphatic carbocycles. The second-order valence-electron chi connectivity index (χ2n) is 5.30. The van der Waals surface area contributed by atoms with Crippen LogP contribution in [0.3, 0.4) is 0 Å². The van der Waals surface area contributed by atoms with E-state index in [2.05, 4.69) is 5.32 Å². The van der Waals surface area contributed by atoms with Crippen molar-refractivity contribution in [2.75, 3.05) is 13.1 Å². The fraction of sp³-hybridized carbons (Fsp3) is 0.846. The second kappa shape index (κ2) is 6.18. The molecule has 0 radical (unpaired) electrons. The van der Waals surface area contributed by atoms with E-state index in [-0.39, 0.29) is 24.4 Å². The summed E-state index contributed by atoms with van der Waals surface area (Å²) >= 11 is 0. The molecule has 2 amide bonds. The van der Waals surface area contributed by atoms with Crippen LogP contribution in [0.1, 0.15) is 44.9 Å². The van der Waals surface area contributed by atoms with Crippen LogP contribution in [-0.2, 0) is 9.59 Å². The minimum atomic E-state index is -0.439. The van der Waals surface area contributed by atoms with E-state index in [0.29, 0.717) is 13.0 Å². The molecule has 1 heterocycles. The largest absolute Gasteiger partial charge is 0.391 e. The molecule has 2 rings (SSSR count). The van der Waals surface area contributed by atoms with E-state index in [1.54, 1.807) is 4.90 Å². The van der Waals surface area contributed by atoms with E-state index >= 15 is 0 Å². The highest BCUT2D eigenvalue weighted by molar-refractivity contribution is 5.85. The Balaban J connectivity index is 1.80. The number of aliphatic hydroxyl groups is 1. The van der Waals surface area contributed by atoms with Gasteiger partial charge in [-0.25, -0.2) is 0 Å². The maximum absolute atomic E-state index is 11.9. The van der Waals surface area contributed by atoms with Gasteiger partial charge in [0.2, 0.25) is 11.8 Å². The molecule has 1 saturated heterocycles. The minimum absolute atomic E-state index is 0.0616. The third-order valence-corrected chi connectivity index (χ3v) is 3.83. The average Bonchev–Trinajstić information content (AvgIpc) is 2.61. The summed E-state index contributed by atoms with van der Waals surface area (Å²) in [4.78, 5) is 24.9. The van der Waals surface area contributed by atoms with Crippen molar-refractivity contribution in [2.45, 2.75) is 57.1 Å². The molecule has 5 heteroatoms. The summed E-state index contributed by atoms with van der Waals surface area (Å²) in [5.41, 5.74) is 0. The zero-order chi connectivity index (χ0) is 13.0. The first kappa shape index (κ1) is 13.3. The van der Waals surface area contributed by atoms with Gasteiger partial charge in [-0.1, -0.05) is 19.3 Å². The summed E-state index contributed by atoms with van der Waals surface area (Å²) in [6.07, 6.45) is 5.74. The van der Waals surface area contributed by atoms with Gasteiger partial charge in [-0.2, -0.15) is 0 Å². The van der Waals surface area contributed by atoms with Crippen molar-refractivity contribution in [2.24, 2.45) is 0 Å². The lowest BCUT2D eigenvalue weighted by Gasteiger charge is -2.23. The second-order valence-corrected chi connectivity index (χ2v) is 5.30. The summed E-state index contributed by atoms with van der Waals surface area (Å²) in [5, 5.41) is 12.8. The molecule has 0 aromatic carbocycles. The molecule has 2 fully saturated rings. The number of aliphatic hydroxyl groups excluding tert-OH is 1. The molecule has 0 spiro atoms. The molecule has 5 nitrogen and oxygen atoms in total. The lowest BCUT2D eigenvalue weighted by Crippen LogP contribution is -2.47. The van der Waals surface area contributed by atoms with Crippen molar-refractivity contribution in [1.29, 1.82) is 0 Å². The van der Waals surface area contributed by atoms with Crippen LogP contribution in [0.25, 0.3) is 0 Å². The molecule has 102 valence electrons. The number of amides is 2. The van der Waals surface area contributed by atoms with E-state index in [1.165, 1.54) is 0 Å². The molecule has 2 unspecified atom stereocenters. The minimum Gasteiger partial charge on any atom is -0.391 e.